The van der Waals surface area contributed by atoms with E-state index in [1.807, 2.05) is 18.2 Å². The van der Waals surface area contributed by atoms with Crippen LogP contribution in [0.25, 0.3) is 33.8 Å². The van der Waals surface area contributed by atoms with Crippen LogP contribution < -0.4 is 4.57 Å². The molecule has 1 heterocycles. The van der Waals surface area contributed by atoms with E-state index in [0.717, 1.165) is 22.9 Å². The fraction of sp³-hybridized carbons (Fsp3) is 0.323. The topological polar surface area (TPSA) is 24.1 Å². The summed E-state index contributed by atoms with van der Waals surface area (Å²) < 4.78 is 2.44. The minimum absolute atomic E-state index is 0.320. The van der Waals surface area contributed by atoms with Gasteiger partial charge in [-0.2, -0.15) is 4.57 Å². The van der Waals surface area contributed by atoms with Crippen molar-refractivity contribution in [2.75, 3.05) is 0 Å². The quantitative estimate of drug-likeness (QED) is 0.185. The standard InChI is InChI=1S/C31H35NO/c1-2-3-4-5-6-7-8-13-24-32-27(20-18-26-15-10-12-17-30(26)32)21-22-29-28-16-11-9-14-25(28)19-23-31(29)33/h9-12,14-23H,2-8,13,24H2,1H3/p+1. The molecule has 3 aromatic carbocycles. The number of unbranched alkanes of at least 4 members (excludes halogenated alkanes) is 7. The maximum atomic E-state index is 10.5. The second-order valence-electron chi connectivity index (χ2n) is 9.00. The van der Waals surface area contributed by atoms with E-state index >= 15 is 0 Å². The number of rotatable bonds is 11. The lowest BCUT2D eigenvalue weighted by molar-refractivity contribution is -0.673. The summed E-state index contributed by atoms with van der Waals surface area (Å²) in [6.07, 6.45) is 14.8. The van der Waals surface area contributed by atoms with Crippen molar-refractivity contribution in [1.29, 1.82) is 0 Å². The van der Waals surface area contributed by atoms with Crippen molar-refractivity contribution in [1.82, 2.24) is 0 Å². The van der Waals surface area contributed by atoms with Gasteiger partial charge in [-0.15, -0.1) is 0 Å². The molecule has 0 amide bonds. The highest BCUT2D eigenvalue weighted by molar-refractivity contribution is 5.95. The zero-order chi connectivity index (χ0) is 22.9. The Balaban J connectivity index is 1.55. The van der Waals surface area contributed by atoms with Crippen LogP contribution in [0.15, 0.2) is 72.8 Å². The van der Waals surface area contributed by atoms with E-state index < -0.39 is 0 Å². The highest BCUT2D eigenvalue weighted by Gasteiger charge is 2.14. The first kappa shape index (κ1) is 23.0. The van der Waals surface area contributed by atoms with Crippen LogP contribution in [-0.2, 0) is 6.54 Å². The van der Waals surface area contributed by atoms with Crippen LogP contribution in [0, 0.1) is 0 Å². The van der Waals surface area contributed by atoms with Gasteiger partial charge in [0.25, 0.3) is 0 Å². The molecule has 2 heteroatoms. The maximum Gasteiger partial charge on any atom is 0.212 e. The molecule has 0 aliphatic rings. The summed E-state index contributed by atoms with van der Waals surface area (Å²) in [5.74, 6) is 0.320. The molecule has 0 radical (unpaired) electrons. The van der Waals surface area contributed by atoms with Gasteiger partial charge in [0.05, 0.1) is 0 Å². The van der Waals surface area contributed by atoms with E-state index in [0.29, 0.717) is 5.75 Å². The Hall–Kier alpha value is -3.13. The molecule has 0 aliphatic carbocycles. The molecule has 0 saturated carbocycles. The lowest BCUT2D eigenvalue weighted by Gasteiger charge is -2.07. The first-order valence-electron chi connectivity index (χ1n) is 12.6. The third kappa shape index (κ3) is 5.82. The second-order valence-corrected chi connectivity index (χ2v) is 9.00. The number of phenols is 1. The van der Waals surface area contributed by atoms with Crippen molar-refractivity contribution < 1.29 is 9.67 Å². The SMILES string of the molecule is CCCCCCCCCC[n+]1c(/C=C/c2c(O)ccc3ccccc23)ccc2ccccc21. The number of hydrogen-bond acceptors (Lipinski definition) is 1. The van der Waals surface area contributed by atoms with Crippen LogP contribution in [0.1, 0.15) is 69.5 Å². The average Bonchev–Trinajstić information content (AvgIpc) is 2.85. The highest BCUT2D eigenvalue weighted by Crippen LogP contribution is 2.29. The first-order chi connectivity index (χ1) is 16.3. The van der Waals surface area contributed by atoms with Gasteiger partial charge in [-0.05, 0) is 41.5 Å². The Bertz CT molecular complexity index is 1220. The van der Waals surface area contributed by atoms with Gasteiger partial charge in [-0.25, -0.2) is 0 Å². The van der Waals surface area contributed by atoms with Gasteiger partial charge in [0.15, 0.2) is 0 Å². The van der Waals surface area contributed by atoms with E-state index in [4.69, 9.17) is 0 Å². The van der Waals surface area contributed by atoms with E-state index in [-0.39, 0.29) is 0 Å². The lowest BCUT2D eigenvalue weighted by Crippen LogP contribution is -2.38. The normalized spacial score (nSPS) is 11.7. The largest absolute Gasteiger partial charge is 0.507 e. The van der Waals surface area contributed by atoms with Gasteiger partial charge in [0, 0.05) is 35.6 Å². The van der Waals surface area contributed by atoms with Crippen molar-refractivity contribution in [3.8, 4) is 5.75 Å². The van der Waals surface area contributed by atoms with Crippen LogP contribution >= 0.6 is 0 Å². The number of aromatic nitrogens is 1. The summed E-state index contributed by atoms with van der Waals surface area (Å²) in [5, 5.41) is 14.0. The van der Waals surface area contributed by atoms with Gasteiger partial charge >= 0.3 is 0 Å². The summed E-state index contributed by atoms with van der Waals surface area (Å²) in [7, 11) is 0. The summed E-state index contributed by atoms with van der Waals surface area (Å²) in [5.41, 5.74) is 3.31. The minimum Gasteiger partial charge on any atom is -0.507 e. The molecule has 1 aromatic heterocycles. The fourth-order valence-corrected chi connectivity index (χ4v) is 4.71. The van der Waals surface area contributed by atoms with Gasteiger partial charge < -0.3 is 5.11 Å². The Morgan fingerprint density at radius 2 is 1.33 bits per heavy atom. The molecule has 0 bridgehead atoms. The fourth-order valence-electron chi connectivity index (χ4n) is 4.71. The van der Waals surface area contributed by atoms with Gasteiger partial charge in [-0.3, -0.25) is 0 Å². The van der Waals surface area contributed by atoms with Crippen LogP contribution in [0.2, 0.25) is 0 Å². The smallest absolute Gasteiger partial charge is 0.212 e. The first-order valence-corrected chi connectivity index (χ1v) is 12.6. The number of fused-ring (bicyclic) bond motifs is 2. The predicted molar refractivity (Wildman–Crippen MR) is 141 cm³/mol. The molecule has 4 rings (SSSR count). The Kier molecular flexibility index (Phi) is 8.14. The van der Waals surface area contributed by atoms with Gasteiger partial charge in [0.1, 0.15) is 12.3 Å². The van der Waals surface area contributed by atoms with Crippen molar-refractivity contribution in [3.05, 3.63) is 84.1 Å². The summed E-state index contributed by atoms with van der Waals surface area (Å²) >= 11 is 0. The van der Waals surface area contributed by atoms with E-state index in [1.165, 1.54) is 68.0 Å². The number of phenolic OH excluding ortho intramolecular Hbond substituents is 1. The van der Waals surface area contributed by atoms with Crippen molar-refractivity contribution in [3.63, 3.8) is 0 Å². The summed E-state index contributed by atoms with van der Waals surface area (Å²) in [6.45, 7) is 3.28. The summed E-state index contributed by atoms with van der Waals surface area (Å²) in [4.78, 5) is 0. The molecule has 2 nitrogen and oxygen atoms in total. The zero-order valence-corrected chi connectivity index (χ0v) is 19.8. The Morgan fingerprint density at radius 1 is 0.667 bits per heavy atom. The molecular formula is C31H36NO+. The van der Waals surface area contributed by atoms with Crippen molar-refractivity contribution in [2.24, 2.45) is 0 Å². The number of para-hydroxylation sites is 1. The molecular weight excluding hydrogens is 402 g/mol. The van der Waals surface area contributed by atoms with Gasteiger partial charge in [0.2, 0.25) is 11.2 Å². The number of aryl methyl sites for hydroxylation is 1. The van der Waals surface area contributed by atoms with Crippen LogP contribution in [-0.4, -0.2) is 5.11 Å². The molecule has 0 fully saturated rings. The zero-order valence-electron chi connectivity index (χ0n) is 19.8. The predicted octanol–water partition coefficient (Wildman–Crippen LogP) is 8.30. The second kappa shape index (κ2) is 11.7. The molecule has 0 unspecified atom stereocenters. The van der Waals surface area contributed by atoms with Crippen LogP contribution in [0.3, 0.4) is 0 Å². The van der Waals surface area contributed by atoms with E-state index in [9.17, 15) is 5.11 Å². The minimum atomic E-state index is 0.320. The lowest BCUT2D eigenvalue weighted by atomic mass is 10.0. The number of pyridine rings is 1. The van der Waals surface area contributed by atoms with Crippen LogP contribution in [0.4, 0.5) is 0 Å². The molecule has 4 aromatic rings. The maximum absolute atomic E-state index is 10.5. The third-order valence-electron chi connectivity index (χ3n) is 6.58. The van der Waals surface area contributed by atoms with Crippen molar-refractivity contribution >= 4 is 33.8 Å². The molecule has 1 N–H and O–H groups in total. The monoisotopic (exact) mass is 438 g/mol. The molecule has 33 heavy (non-hydrogen) atoms. The average molecular weight is 439 g/mol. The number of benzene rings is 3. The van der Waals surface area contributed by atoms with Gasteiger partial charge in [-0.1, -0.05) is 87.9 Å². The number of hydrogen-bond donors (Lipinski definition) is 1. The molecule has 0 aliphatic heterocycles. The molecule has 170 valence electrons. The third-order valence-corrected chi connectivity index (χ3v) is 6.58. The van der Waals surface area contributed by atoms with Crippen molar-refractivity contribution in [2.45, 2.75) is 64.8 Å². The van der Waals surface area contributed by atoms with E-state index in [1.54, 1.807) is 6.07 Å². The van der Waals surface area contributed by atoms with Crippen LogP contribution in [0.5, 0.6) is 5.75 Å². The molecule has 0 atom stereocenters. The molecule has 0 saturated heterocycles. The number of aromatic hydroxyl groups is 1. The molecule has 0 spiro atoms. The summed E-state index contributed by atoms with van der Waals surface area (Å²) in [6, 6.07) is 25.0. The number of nitrogens with zero attached hydrogens (tertiary/aromatic N) is 1. The van der Waals surface area contributed by atoms with E-state index in [2.05, 4.69) is 72.2 Å². The highest BCUT2D eigenvalue weighted by atomic mass is 16.3. The Labute approximate surface area is 198 Å². The Morgan fingerprint density at radius 3 is 2.15 bits per heavy atom.